The van der Waals surface area contributed by atoms with Crippen LogP contribution in [-0.2, 0) is 6.18 Å². The van der Waals surface area contributed by atoms with Crippen LogP contribution in [0.5, 0.6) is 0 Å². The molecule has 1 atom stereocenters. The molecule has 1 aliphatic rings. The minimum atomic E-state index is -4.46. The smallest absolute Gasteiger partial charge is 0.326 e. The third-order valence-electron chi connectivity index (χ3n) is 4.73. The maximum atomic E-state index is 13.0. The van der Waals surface area contributed by atoms with Gasteiger partial charge in [0.05, 0.1) is 5.56 Å². The zero-order valence-corrected chi connectivity index (χ0v) is 16.2. The number of halogens is 3. The predicted molar refractivity (Wildman–Crippen MR) is 109 cm³/mol. The van der Waals surface area contributed by atoms with Gasteiger partial charge in [-0.25, -0.2) is 9.98 Å². The number of alkyl halides is 3. The largest absolute Gasteiger partial charge is 0.416 e. The lowest BCUT2D eigenvalue weighted by Crippen LogP contribution is -2.38. The highest BCUT2D eigenvalue weighted by atomic mass is 19.4. The normalized spacial score (nSPS) is 15.8. The van der Waals surface area contributed by atoms with Crippen LogP contribution in [0.4, 0.5) is 24.8 Å². The van der Waals surface area contributed by atoms with Crippen molar-refractivity contribution in [1.29, 1.82) is 0 Å². The molecule has 4 rings (SSSR count). The van der Waals surface area contributed by atoms with Crippen LogP contribution in [0, 0.1) is 13.8 Å². The Morgan fingerprint density at radius 3 is 2.57 bits per heavy atom. The fourth-order valence-corrected chi connectivity index (χ4v) is 3.31. The molecule has 0 saturated carbocycles. The number of hydrogen-bond acceptors (Lipinski definition) is 5. The van der Waals surface area contributed by atoms with Gasteiger partial charge in [0, 0.05) is 23.0 Å². The van der Waals surface area contributed by atoms with Crippen molar-refractivity contribution in [2.75, 3.05) is 10.6 Å². The summed E-state index contributed by atoms with van der Waals surface area (Å²) in [6.07, 6.45) is -5.17. The van der Waals surface area contributed by atoms with E-state index in [1.165, 1.54) is 22.8 Å². The van der Waals surface area contributed by atoms with Crippen molar-refractivity contribution in [3.8, 4) is 0 Å². The van der Waals surface area contributed by atoms with Gasteiger partial charge in [0.1, 0.15) is 0 Å². The second kappa shape index (κ2) is 7.33. The first-order valence-electron chi connectivity index (χ1n) is 9.17. The number of aromatic nitrogens is 2. The molecule has 0 bridgehead atoms. The lowest BCUT2D eigenvalue weighted by atomic mass is 10.1. The van der Waals surface area contributed by atoms with Gasteiger partial charge in [-0.1, -0.05) is 30.3 Å². The van der Waals surface area contributed by atoms with E-state index in [-0.39, 0.29) is 23.2 Å². The van der Waals surface area contributed by atoms with Crippen LogP contribution in [0.25, 0.3) is 0 Å². The van der Waals surface area contributed by atoms with Crippen molar-refractivity contribution in [1.82, 2.24) is 9.55 Å². The number of anilines is 2. The number of nitrogens with zero attached hydrogens (tertiary/aromatic N) is 3. The maximum absolute atomic E-state index is 13.0. The highest BCUT2D eigenvalue weighted by Gasteiger charge is 2.31. The second-order valence-electron chi connectivity index (χ2n) is 6.97. The lowest BCUT2D eigenvalue weighted by molar-refractivity contribution is -0.137. The van der Waals surface area contributed by atoms with E-state index in [1.807, 2.05) is 31.2 Å². The molecule has 0 saturated heterocycles. The summed E-state index contributed by atoms with van der Waals surface area (Å²) in [6.45, 7) is 3.59. The molecule has 154 valence electrons. The summed E-state index contributed by atoms with van der Waals surface area (Å²) in [5.41, 5.74) is 1.39. The molecule has 0 spiro atoms. The van der Waals surface area contributed by atoms with E-state index in [2.05, 4.69) is 20.6 Å². The van der Waals surface area contributed by atoms with Crippen molar-refractivity contribution in [2.24, 2.45) is 4.99 Å². The van der Waals surface area contributed by atoms with Gasteiger partial charge >= 0.3 is 6.18 Å². The number of aliphatic imine (C=N–C) groups is 1. The third kappa shape index (κ3) is 3.78. The van der Waals surface area contributed by atoms with E-state index in [9.17, 15) is 18.0 Å². The van der Waals surface area contributed by atoms with E-state index < -0.39 is 17.9 Å². The minimum absolute atomic E-state index is 0.195. The van der Waals surface area contributed by atoms with Gasteiger partial charge in [-0.3, -0.25) is 14.7 Å². The number of benzene rings is 2. The van der Waals surface area contributed by atoms with E-state index in [0.29, 0.717) is 5.69 Å². The second-order valence-corrected chi connectivity index (χ2v) is 6.97. The van der Waals surface area contributed by atoms with Crippen LogP contribution in [0.3, 0.4) is 0 Å². The molecule has 0 aliphatic carbocycles. The first-order valence-corrected chi connectivity index (χ1v) is 9.17. The molecule has 6 nitrogen and oxygen atoms in total. The number of fused-ring (bicyclic) bond motifs is 1. The van der Waals surface area contributed by atoms with Crippen LogP contribution in [0.15, 0.2) is 64.4 Å². The van der Waals surface area contributed by atoms with Crippen LogP contribution in [-0.4, -0.2) is 15.5 Å². The molecule has 1 aliphatic heterocycles. The summed E-state index contributed by atoms with van der Waals surface area (Å²) in [5, 5.41) is 5.79. The molecule has 0 unspecified atom stereocenters. The summed E-state index contributed by atoms with van der Waals surface area (Å²) in [5.74, 6) is 0.456. The average Bonchev–Trinajstić information content (AvgIpc) is 2.67. The molecule has 30 heavy (non-hydrogen) atoms. The van der Waals surface area contributed by atoms with Gasteiger partial charge in [0.25, 0.3) is 5.56 Å². The van der Waals surface area contributed by atoms with Gasteiger partial charge in [0.15, 0.2) is 6.17 Å². The SMILES string of the molecule is Cc1cc(=O)n2c(n1)NC(Nc1cccc(C(F)(F)F)c1)=N[C@H]2c1ccccc1C. The van der Waals surface area contributed by atoms with Crippen LogP contribution >= 0.6 is 0 Å². The monoisotopic (exact) mass is 413 g/mol. The summed E-state index contributed by atoms with van der Waals surface area (Å²) in [6, 6.07) is 13.7. The third-order valence-corrected chi connectivity index (χ3v) is 4.73. The number of aryl methyl sites for hydroxylation is 2. The fourth-order valence-electron chi connectivity index (χ4n) is 3.31. The minimum Gasteiger partial charge on any atom is -0.326 e. The van der Waals surface area contributed by atoms with E-state index >= 15 is 0 Å². The fraction of sp³-hybridized carbons (Fsp3) is 0.190. The Morgan fingerprint density at radius 1 is 1.07 bits per heavy atom. The standard InChI is InChI=1S/C21H18F3N5O/c1-12-6-3-4-9-16(12)18-27-19(28-20-25-13(2)10-17(30)29(18)20)26-15-8-5-7-14(11-15)21(22,23)24/h3-11,18H,1-2H3,(H2,25,26,27,28)/t18-/m1/s1. The first kappa shape index (κ1) is 19.7. The summed E-state index contributed by atoms with van der Waals surface area (Å²) >= 11 is 0. The maximum Gasteiger partial charge on any atom is 0.416 e. The van der Waals surface area contributed by atoms with Gasteiger partial charge < -0.3 is 5.32 Å². The molecule has 9 heteroatoms. The Hall–Kier alpha value is -3.62. The molecule has 2 N–H and O–H groups in total. The predicted octanol–water partition coefficient (Wildman–Crippen LogP) is 4.32. The van der Waals surface area contributed by atoms with Crippen molar-refractivity contribution < 1.29 is 13.2 Å². The molecule has 0 amide bonds. The molecular weight excluding hydrogens is 395 g/mol. The van der Waals surface area contributed by atoms with Gasteiger partial charge in [-0.2, -0.15) is 13.2 Å². The Bertz CT molecular complexity index is 1200. The Kier molecular flexibility index (Phi) is 4.81. The quantitative estimate of drug-likeness (QED) is 0.657. The van der Waals surface area contributed by atoms with Crippen molar-refractivity contribution in [3.05, 3.63) is 87.3 Å². The molecular formula is C21H18F3N5O. The average molecular weight is 413 g/mol. The van der Waals surface area contributed by atoms with Crippen LogP contribution < -0.4 is 16.2 Å². The molecule has 0 radical (unpaired) electrons. The topological polar surface area (TPSA) is 71.3 Å². The van der Waals surface area contributed by atoms with E-state index in [1.54, 1.807) is 6.92 Å². The van der Waals surface area contributed by atoms with Crippen molar-refractivity contribution >= 4 is 17.6 Å². The molecule has 1 aromatic heterocycles. The number of nitrogens with one attached hydrogen (secondary N) is 2. The summed E-state index contributed by atoms with van der Waals surface area (Å²) in [4.78, 5) is 21.6. The summed E-state index contributed by atoms with van der Waals surface area (Å²) < 4.78 is 40.5. The van der Waals surface area contributed by atoms with Crippen molar-refractivity contribution in [2.45, 2.75) is 26.2 Å². The van der Waals surface area contributed by atoms with E-state index in [0.717, 1.165) is 23.3 Å². The van der Waals surface area contributed by atoms with Crippen molar-refractivity contribution in [3.63, 3.8) is 0 Å². The van der Waals surface area contributed by atoms with Crippen LogP contribution in [0.2, 0.25) is 0 Å². The van der Waals surface area contributed by atoms with Gasteiger partial charge in [-0.15, -0.1) is 0 Å². The molecule has 0 fully saturated rings. The van der Waals surface area contributed by atoms with E-state index in [4.69, 9.17) is 0 Å². The Morgan fingerprint density at radius 2 is 1.83 bits per heavy atom. The highest BCUT2D eigenvalue weighted by Crippen LogP contribution is 2.31. The van der Waals surface area contributed by atoms with Crippen LogP contribution in [0.1, 0.15) is 28.6 Å². The molecule has 3 aromatic rings. The first-order chi connectivity index (χ1) is 14.2. The highest BCUT2D eigenvalue weighted by molar-refractivity contribution is 6.03. The number of guanidine groups is 1. The zero-order chi connectivity index (χ0) is 21.5. The summed E-state index contributed by atoms with van der Waals surface area (Å²) in [7, 11) is 0. The molecule has 2 heterocycles. The Balaban J connectivity index is 1.78. The number of hydrogen-bond donors (Lipinski definition) is 2. The van der Waals surface area contributed by atoms with Gasteiger partial charge in [-0.05, 0) is 37.6 Å². The lowest BCUT2D eigenvalue weighted by Gasteiger charge is -2.28. The zero-order valence-electron chi connectivity index (χ0n) is 16.2. The molecule has 2 aromatic carbocycles. The van der Waals surface area contributed by atoms with Gasteiger partial charge in [0.2, 0.25) is 11.9 Å². The Labute approximate surface area is 170 Å². The number of rotatable bonds is 2.